The summed E-state index contributed by atoms with van der Waals surface area (Å²) in [5.74, 6) is 0. The van der Waals surface area contributed by atoms with Crippen LogP contribution in [-0.2, 0) is 13.0 Å². The molecule has 3 heteroatoms. The number of nitrogens with two attached hydrogens (primary N) is 1. The van der Waals surface area contributed by atoms with Crippen LogP contribution in [0.2, 0.25) is 0 Å². The Morgan fingerprint density at radius 2 is 2.05 bits per heavy atom. The molecule has 0 saturated heterocycles. The minimum atomic E-state index is 0.795. The highest BCUT2D eigenvalue weighted by molar-refractivity contribution is 9.10. The lowest BCUT2D eigenvalue weighted by Gasteiger charge is -2.31. The van der Waals surface area contributed by atoms with Crippen molar-refractivity contribution < 1.29 is 0 Å². The minimum absolute atomic E-state index is 0.795. The normalized spacial score (nSPS) is 14.2. The summed E-state index contributed by atoms with van der Waals surface area (Å²) in [5, 5.41) is 0. The number of aryl methyl sites for hydroxylation is 2. The monoisotopic (exact) mass is 330 g/mol. The molecule has 0 unspecified atom stereocenters. The average molecular weight is 331 g/mol. The molecule has 0 saturated carbocycles. The zero-order valence-corrected chi connectivity index (χ0v) is 13.3. The number of nitrogens with zero attached hydrogens (tertiary/aromatic N) is 1. The molecule has 1 aliphatic heterocycles. The molecule has 1 heterocycles. The van der Waals surface area contributed by atoms with Gasteiger partial charge >= 0.3 is 0 Å². The van der Waals surface area contributed by atoms with Gasteiger partial charge in [-0.1, -0.05) is 23.8 Å². The van der Waals surface area contributed by atoms with Crippen molar-refractivity contribution in [3.8, 4) is 0 Å². The molecule has 2 N–H and O–H groups in total. The fraction of sp³-hybridized carbons (Fsp3) is 0.294. The van der Waals surface area contributed by atoms with E-state index in [9.17, 15) is 0 Å². The second kappa shape index (κ2) is 5.49. The lowest BCUT2D eigenvalue weighted by molar-refractivity contribution is 0.690. The van der Waals surface area contributed by atoms with Gasteiger partial charge < -0.3 is 10.6 Å². The molecule has 2 nitrogen and oxygen atoms in total. The zero-order valence-electron chi connectivity index (χ0n) is 11.7. The number of fused-ring (bicyclic) bond motifs is 1. The molecule has 2 aromatic rings. The highest BCUT2D eigenvalue weighted by Gasteiger charge is 2.17. The Labute approximate surface area is 128 Å². The highest BCUT2D eigenvalue weighted by atomic mass is 79.9. The number of hydrogen-bond acceptors (Lipinski definition) is 2. The molecular formula is C17H19BrN2. The fourth-order valence-electron chi connectivity index (χ4n) is 2.86. The van der Waals surface area contributed by atoms with E-state index in [1.54, 1.807) is 0 Å². The molecule has 2 aromatic carbocycles. The van der Waals surface area contributed by atoms with Gasteiger partial charge in [0.1, 0.15) is 0 Å². The Morgan fingerprint density at radius 1 is 1.20 bits per heavy atom. The van der Waals surface area contributed by atoms with Gasteiger partial charge in [-0.05, 0) is 65.0 Å². The van der Waals surface area contributed by atoms with Crippen LogP contribution in [0.15, 0.2) is 40.9 Å². The predicted octanol–water partition coefficient (Wildman–Crippen LogP) is 4.29. The largest absolute Gasteiger partial charge is 0.398 e. The summed E-state index contributed by atoms with van der Waals surface area (Å²) in [6.45, 7) is 4.23. The molecule has 0 radical (unpaired) electrons. The lowest BCUT2D eigenvalue weighted by atomic mass is 9.99. The second-order valence-corrected chi connectivity index (χ2v) is 6.37. The summed E-state index contributed by atoms with van der Waals surface area (Å²) in [6, 6.07) is 13.0. The van der Waals surface area contributed by atoms with Crippen molar-refractivity contribution in [3.63, 3.8) is 0 Å². The molecule has 3 rings (SSSR count). The predicted molar refractivity (Wildman–Crippen MR) is 89.1 cm³/mol. The SMILES string of the molecule is Cc1ccc2c(c1)CCCN2Cc1ccc(N)c(Br)c1. The van der Waals surface area contributed by atoms with Crippen molar-refractivity contribution >= 4 is 27.3 Å². The van der Waals surface area contributed by atoms with Gasteiger partial charge in [0.15, 0.2) is 0 Å². The topological polar surface area (TPSA) is 29.3 Å². The molecular weight excluding hydrogens is 312 g/mol. The minimum Gasteiger partial charge on any atom is -0.398 e. The Kier molecular flexibility index (Phi) is 3.70. The first-order valence-electron chi connectivity index (χ1n) is 7.02. The third-order valence-corrected chi connectivity index (χ3v) is 4.57. The van der Waals surface area contributed by atoms with Crippen molar-refractivity contribution in [3.05, 3.63) is 57.6 Å². The maximum atomic E-state index is 5.85. The zero-order chi connectivity index (χ0) is 14.1. The number of benzene rings is 2. The van der Waals surface area contributed by atoms with Crippen molar-refractivity contribution in [1.29, 1.82) is 0 Å². The van der Waals surface area contributed by atoms with Crippen LogP contribution < -0.4 is 10.6 Å². The van der Waals surface area contributed by atoms with Crippen LogP contribution in [0.1, 0.15) is 23.1 Å². The number of rotatable bonds is 2. The first kappa shape index (κ1) is 13.5. The quantitative estimate of drug-likeness (QED) is 0.832. The van der Waals surface area contributed by atoms with Crippen LogP contribution in [0.5, 0.6) is 0 Å². The summed E-state index contributed by atoms with van der Waals surface area (Å²) in [4.78, 5) is 2.47. The van der Waals surface area contributed by atoms with Gasteiger partial charge in [-0.3, -0.25) is 0 Å². The molecule has 0 atom stereocenters. The van der Waals surface area contributed by atoms with E-state index in [2.05, 4.69) is 58.1 Å². The molecule has 20 heavy (non-hydrogen) atoms. The molecule has 0 bridgehead atoms. The molecule has 104 valence electrons. The standard InChI is InChI=1S/C17H19BrN2/c1-12-4-7-17-14(9-12)3-2-8-20(17)11-13-5-6-16(19)15(18)10-13/h4-7,9-10H,2-3,8,11,19H2,1H3. The van der Waals surface area contributed by atoms with Gasteiger partial charge in [-0.2, -0.15) is 0 Å². The first-order valence-corrected chi connectivity index (χ1v) is 7.81. The summed E-state index contributed by atoms with van der Waals surface area (Å²) in [6.07, 6.45) is 2.42. The van der Waals surface area contributed by atoms with Crippen molar-refractivity contribution in [2.45, 2.75) is 26.3 Å². The number of nitrogen functional groups attached to an aromatic ring is 1. The third-order valence-electron chi connectivity index (χ3n) is 3.89. The van der Waals surface area contributed by atoms with Crippen LogP contribution in [-0.4, -0.2) is 6.54 Å². The van der Waals surface area contributed by atoms with Crippen LogP contribution >= 0.6 is 15.9 Å². The smallest absolute Gasteiger partial charge is 0.0458 e. The Balaban J connectivity index is 1.87. The van der Waals surface area contributed by atoms with Crippen LogP contribution in [0.3, 0.4) is 0 Å². The van der Waals surface area contributed by atoms with Crippen molar-refractivity contribution in [2.75, 3.05) is 17.2 Å². The maximum Gasteiger partial charge on any atom is 0.0458 e. The van der Waals surface area contributed by atoms with Crippen molar-refractivity contribution in [2.24, 2.45) is 0 Å². The molecule has 0 fully saturated rings. The van der Waals surface area contributed by atoms with E-state index in [0.29, 0.717) is 0 Å². The lowest BCUT2D eigenvalue weighted by Crippen LogP contribution is -2.28. The number of anilines is 2. The Hall–Kier alpha value is -1.48. The molecule has 0 aromatic heterocycles. The summed E-state index contributed by atoms with van der Waals surface area (Å²) in [7, 11) is 0. The number of hydrogen-bond donors (Lipinski definition) is 1. The van der Waals surface area contributed by atoms with E-state index in [1.165, 1.54) is 35.2 Å². The van der Waals surface area contributed by atoms with Gasteiger partial charge in [0.05, 0.1) is 0 Å². The van der Waals surface area contributed by atoms with Gasteiger partial charge in [-0.15, -0.1) is 0 Å². The van der Waals surface area contributed by atoms with Gasteiger partial charge in [0.25, 0.3) is 0 Å². The van der Waals surface area contributed by atoms with Gasteiger partial charge in [0.2, 0.25) is 0 Å². The van der Waals surface area contributed by atoms with Crippen molar-refractivity contribution in [1.82, 2.24) is 0 Å². The van der Waals surface area contributed by atoms with E-state index in [0.717, 1.165) is 23.2 Å². The third kappa shape index (κ3) is 2.68. The highest BCUT2D eigenvalue weighted by Crippen LogP contribution is 2.30. The first-order chi connectivity index (χ1) is 9.63. The Bertz CT molecular complexity index is 637. The van der Waals surface area contributed by atoms with Gasteiger partial charge in [-0.25, -0.2) is 0 Å². The summed E-state index contributed by atoms with van der Waals surface area (Å²) >= 11 is 3.51. The molecule has 0 spiro atoms. The van der Waals surface area contributed by atoms with E-state index in [-0.39, 0.29) is 0 Å². The van der Waals surface area contributed by atoms with E-state index < -0.39 is 0 Å². The molecule has 0 amide bonds. The van der Waals surface area contributed by atoms with E-state index >= 15 is 0 Å². The van der Waals surface area contributed by atoms with E-state index in [4.69, 9.17) is 5.73 Å². The molecule has 0 aliphatic carbocycles. The van der Waals surface area contributed by atoms with Gasteiger partial charge in [0, 0.05) is 28.9 Å². The molecule has 1 aliphatic rings. The van der Waals surface area contributed by atoms with Crippen LogP contribution in [0.25, 0.3) is 0 Å². The van der Waals surface area contributed by atoms with E-state index in [1.807, 2.05) is 6.07 Å². The average Bonchev–Trinajstić information content (AvgIpc) is 2.43. The second-order valence-electron chi connectivity index (χ2n) is 5.51. The summed E-state index contributed by atoms with van der Waals surface area (Å²) < 4.78 is 0.983. The number of halogens is 1. The maximum absolute atomic E-state index is 5.85. The van der Waals surface area contributed by atoms with Crippen LogP contribution in [0.4, 0.5) is 11.4 Å². The van der Waals surface area contributed by atoms with Crippen LogP contribution in [0, 0.1) is 6.92 Å². The fourth-order valence-corrected chi connectivity index (χ4v) is 3.28. The summed E-state index contributed by atoms with van der Waals surface area (Å²) in [5.41, 5.74) is 12.2. The Morgan fingerprint density at radius 3 is 2.85 bits per heavy atom.